The molecule has 92 valence electrons. The standard InChI is InChI=1S/C14H21N3/c15-13-12(9-3-1-2-4-9)16-14(10-5-6-10)17(13)11-7-8-11/h9-11H,1-8,15H2. The van der Waals surface area contributed by atoms with Gasteiger partial charge in [-0.1, -0.05) is 12.8 Å². The van der Waals surface area contributed by atoms with Crippen LogP contribution in [0.15, 0.2) is 0 Å². The van der Waals surface area contributed by atoms with Gasteiger partial charge in [-0.15, -0.1) is 0 Å². The molecule has 0 spiro atoms. The van der Waals surface area contributed by atoms with Gasteiger partial charge in [0.05, 0.1) is 5.69 Å². The molecule has 3 nitrogen and oxygen atoms in total. The Hall–Kier alpha value is -0.990. The Labute approximate surface area is 102 Å². The lowest BCUT2D eigenvalue weighted by Gasteiger charge is -2.09. The van der Waals surface area contributed by atoms with E-state index in [0.29, 0.717) is 12.0 Å². The largest absolute Gasteiger partial charge is 0.384 e. The number of hydrogen-bond donors (Lipinski definition) is 1. The molecule has 1 aromatic rings. The molecule has 0 aromatic carbocycles. The highest BCUT2D eigenvalue weighted by molar-refractivity contribution is 5.43. The van der Waals surface area contributed by atoms with Crippen molar-refractivity contribution in [3.8, 4) is 0 Å². The SMILES string of the molecule is Nc1c(C2CCCC2)nc(C2CC2)n1C1CC1. The summed E-state index contributed by atoms with van der Waals surface area (Å²) in [6.45, 7) is 0. The third-order valence-electron chi connectivity index (χ3n) is 4.60. The number of aromatic nitrogens is 2. The Kier molecular flexibility index (Phi) is 2.06. The maximum absolute atomic E-state index is 6.39. The lowest BCUT2D eigenvalue weighted by molar-refractivity contribution is 0.691. The number of hydrogen-bond acceptors (Lipinski definition) is 2. The highest BCUT2D eigenvalue weighted by Gasteiger charge is 2.37. The summed E-state index contributed by atoms with van der Waals surface area (Å²) in [5.74, 6) is 3.73. The number of imidazole rings is 1. The van der Waals surface area contributed by atoms with Gasteiger partial charge < -0.3 is 10.3 Å². The molecule has 0 bridgehead atoms. The van der Waals surface area contributed by atoms with Gasteiger partial charge in [0.15, 0.2) is 0 Å². The van der Waals surface area contributed by atoms with Crippen LogP contribution in [0.4, 0.5) is 5.82 Å². The normalized spacial score (nSPS) is 25.6. The van der Waals surface area contributed by atoms with E-state index in [9.17, 15) is 0 Å². The molecular formula is C14H21N3. The summed E-state index contributed by atoms with van der Waals surface area (Å²) in [7, 11) is 0. The van der Waals surface area contributed by atoms with Gasteiger partial charge >= 0.3 is 0 Å². The molecule has 0 atom stereocenters. The lowest BCUT2D eigenvalue weighted by Crippen LogP contribution is -2.05. The van der Waals surface area contributed by atoms with Crippen molar-refractivity contribution in [3.63, 3.8) is 0 Å². The van der Waals surface area contributed by atoms with Gasteiger partial charge in [-0.2, -0.15) is 0 Å². The Balaban J connectivity index is 1.76. The average molecular weight is 231 g/mol. The monoisotopic (exact) mass is 231 g/mol. The molecule has 4 rings (SSSR count). The molecular weight excluding hydrogens is 210 g/mol. The van der Waals surface area contributed by atoms with E-state index in [4.69, 9.17) is 10.7 Å². The minimum Gasteiger partial charge on any atom is -0.384 e. The Morgan fingerprint density at radius 3 is 2.24 bits per heavy atom. The first-order chi connectivity index (χ1) is 8.34. The second-order valence-corrected chi connectivity index (χ2v) is 6.10. The van der Waals surface area contributed by atoms with Gasteiger partial charge in [0, 0.05) is 17.9 Å². The van der Waals surface area contributed by atoms with Gasteiger partial charge in [0.2, 0.25) is 0 Å². The molecule has 3 saturated carbocycles. The summed E-state index contributed by atoms with van der Waals surface area (Å²) in [6.07, 6.45) is 10.6. The van der Waals surface area contributed by atoms with E-state index >= 15 is 0 Å². The first-order valence-electron chi connectivity index (χ1n) is 7.22. The van der Waals surface area contributed by atoms with E-state index in [2.05, 4.69) is 4.57 Å². The predicted molar refractivity (Wildman–Crippen MR) is 68.1 cm³/mol. The van der Waals surface area contributed by atoms with Crippen molar-refractivity contribution in [1.82, 2.24) is 9.55 Å². The quantitative estimate of drug-likeness (QED) is 0.867. The van der Waals surface area contributed by atoms with E-state index in [1.54, 1.807) is 0 Å². The van der Waals surface area contributed by atoms with Crippen molar-refractivity contribution in [2.75, 3.05) is 5.73 Å². The predicted octanol–water partition coefficient (Wildman–Crippen LogP) is 3.34. The number of nitrogens with zero attached hydrogens (tertiary/aromatic N) is 2. The van der Waals surface area contributed by atoms with Crippen molar-refractivity contribution < 1.29 is 0 Å². The molecule has 17 heavy (non-hydrogen) atoms. The topological polar surface area (TPSA) is 43.8 Å². The minimum atomic E-state index is 0.660. The highest BCUT2D eigenvalue weighted by Crippen LogP contribution is 2.48. The Morgan fingerprint density at radius 2 is 1.65 bits per heavy atom. The first kappa shape index (κ1) is 9.98. The molecule has 2 N–H and O–H groups in total. The molecule has 1 heterocycles. The summed E-state index contributed by atoms with van der Waals surface area (Å²) in [6, 6.07) is 0.688. The van der Waals surface area contributed by atoms with Gasteiger partial charge in [0.25, 0.3) is 0 Å². The molecule has 3 aliphatic rings. The van der Waals surface area contributed by atoms with Gasteiger partial charge in [0.1, 0.15) is 11.6 Å². The molecule has 3 fully saturated rings. The maximum atomic E-state index is 6.39. The molecule has 1 aromatic heterocycles. The van der Waals surface area contributed by atoms with Crippen LogP contribution in [0.25, 0.3) is 0 Å². The number of nitrogens with two attached hydrogens (primary N) is 1. The van der Waals surface area contributed by atoms with Crippen LogP contribution in [0.2, 0.25) is 0 Å². The van der Waals surface area contributed by atoms with E-state index < -0.39 is 0 Å². The fraction of sp³-hybridized carbons (Fsp3) is 0.786. The molecule has 0 amide bonds. The zero-order valence-corrected chi connectivity index (χ0v) is 10.4. The third kappa shape index (κ3) is 1.59. The van der Waals surface area contributed by atoms with E-state index in [-0.39, 0.29) is 0 Å². The van der Waals surface area contributed by atoms with E-state index in [1.807, 2.05) is 0 Å². The van der Waals surface area contributed by atoms with Crippen LogP contribution >= 0.6 is 0 Å². The van der Waals surface area contributed by atoms with Crippen molar-refractivity contribution in [3.05, 3.63) is 11.5 Å². The minimum absolute atomic E-state index is 0.660. The first-order valence-corrected chi connectivity index (χ1v) is 7.22. The van der Waals surface area contributed by atoms with Gasteiger partial charge in [-0.3, -0.25) is 0 Å². The fourth-order valence-electron chi connectivity index (χ4n) is 3.33. The highest BCUT2D eigenvalue weighted by atomic mass is 15.2. The van der Waals surface area contributed by atoms with Crippen LogP contribution in [0.5, 0.6) is 0 Å². The van der Waals surface area contributed by atoms with Crippen LogP contribution in [0, 0.1) is 0 Å². The van der Waals surface area contributed by atoms with Gasteiger partial charge in [-0.25, -0.2) is 4.98 Å². The average Bonchev–Trinajstić information content (AvgIpc) is 3.24. The summed E-state index contributed by atoms with van der Waals surface area (Å²) in [5.41, 5.74) is 7.64. The number of nitrogen functional groups attached to an aromatic ring is 1. The summed E-state index contributed by atoms with van der Waals surface area (Å²) < 4.78 is 2.39. The smallest absolute Gasteiger partial charge is 0.127 e. The molecule has 0 aliphatic heterocycles. The lowest BCUT2D eigenvalue weighted by atomic mass is 10.0. The maximum Gasteiger partial charge on any atom is 0.127 e. The molecule has 0 unspecified atom stereocenters. The Morgan fingerprint density at radius 1 is 0.941 bits per heavy atom. The van der Waals surface area contributed by atoms with Crippen LogP contribution < -0.4 is 5.73 Å². The summed E-state index contributed by atoms with van der Waals surface area (Å²) in [5, 5.41) is 0. The van der Waals surface area contributed by atoms with Crippen LogP contribution in [-0.2, 0) is 0 Å². The third-order valence-corrected chi connectivity index (χ3v) is 4.60. The van der Waals surface area contributed by atoms with Crippen LogP contribution in [0.3, 0.4) is 0 Å². The fourth-order valence-corrected chi connectivity index (χ4v) is 3.33. The van der Waals surface area contributed by atoms with E-state index in [1.165, 1.54) is 62.9 Å². The van der Waals surface area contributed by atoms with Gasteiger partial charge in [-0.05, 0) is 38.5 Å². The zero-order chi connectivity index (χ0) is 11.4. The van der Waals surface area contributed by atoms with E-state index in [0.717, 1.165) is 11.7 Å². The Bertz CT molecular complexity index is 435. The molecule has 0 radical (unpaired) electrons. The summed E-state index contributed by atoms with van der Waals surface area (Å²) in [4.78, 5) is 4.95. The molecule has 3 aliphatic carbocycles. The van der Waals surface area contributed by atoms with Crippen molar-refractivity contribution in [2.24, 2.45) is 0 Å². The van der Waals surface area contributed by atoms with Crippen LogP contribution in [0.1, 0.15) is 80.8 Å². The van der Waals surface area contributed by atoms with Crippen molar-refractivity contribution >= 4 is 5.82 Å². The van der Waals surface area contributed by atoms with Crippen LogP contribution in [-0.4, -0.2) is 9.55 Å². The summed E-state index contributed by atoms with van der Waals surface area (Å²) >= 11 is 0. The van der Waals surface area contributed by atoms with Crippen molar-refractivity contribution in [1.29, 1.82) is 0 Å². The van der Waals surface area contributed by atoms with Crippen molar-refractivity contribution in [2.45, 2.75) is 69.2 Å². The molecule has 3 heteroatoms. The number of rotatable bonds is 3. The second kappa shape index (κ2) is 3.50. The molecule has 0 saturated heterocycles. The second-order valence-electron chi connectivity index (χ2n) is 6.10. The zero-order valence-electron chi connectivity index (χ0n) is 10.4. The number of anilines is 1.